The molecule has 10 heavy (non-hydrogen) atoms. The van der Waals surface area contributed by atoms with Crippen molar-refractivity contribution >= 4 is 0 Å². The molecule has 0 rings (SSSR count). The smallest absolute Gasteiger partial charge is 0.0372 e. The van der Waals surface area contributed by atoms with Crippen molar-refractivity contribution in [2.24, 2.45) is 5.73 Å². The Hall–Kier alpha value is -0.560. The molecule has 0 fully saturated rings. The van der Waals surface area contributed by atoms with Gasteiger partial charge in [-0.05, 0) is 25.8 Å². The average Bonchev–Trinajstić information content (AvgIpc) is 1.89. The molecular formula is C9H17N. The van der Waals surface area contributed by atoms with Crippen LogP contribution in [0.4, 0.5) is 0 Å². The molecule has 2 N–H and O–H groups in total. The quantitative estimate of drug-likeness (QED) is 0.596. The van der Waals surface area contributed by atoms with Gasteiger partial charge in [0.15, 0.2) is 0 Å². The lowest BCUT2D eigenvalue weighted by Gasteiger charge is -2.23. The minimum absolute atomic E-state index is 0.230. The first-order valence-electron chi connectivity index (χ1n) is 3.65. The standard InChI is InChI=1S/C9H17N/c1-5-7-8(3)9(4,10)6-2/h5,7H,3,6,10H2,1-2,4H3. The third-order valence-corrected chi connectivity index (χ3v) is 1.84. The van der Waals surface area contributed by atoms with E-state index in [0.717, 1.165) is 12.0 Å². The summed E-state index contributed by atoms with van der Waals surface area (Å²) >= 11 is 0. The molecule has 1 unspecified atom stereocenters. The van der Waals surface area contributed by atoms with Crippen molar-refractivity contribution in [3.05, 3.63) is 24.3 Å². The summed E-state index contributed by atoms with van der Waals surface area (Å²) in [5.74, 6) is 0. The Morgan fingerprint density at radius 1 is 1.70 bits per heavy atom. The van der Waals surface area contributed by atoms with Crippen LogP contribution in [0.2, 0.25) is 0 Å². The first-order chi connectivity index (χ1) is 4.54. The number of rotatable bonds is 3. The molecule has 0 bridgehead atoms. The van der Waals surface area contributed by atoms with Gasteiger partial charge in [0.25, 0.3) is 0 Å². The molecule has 0 aliphatic rings. The van der Waals surface area contributed by atoms with Crippen LogP contribution in [0.5, 0.6) is 0 Å². The fraction of sp³-hybridized carbons (Fsp3) is 0.556. The van der Waals surface area contributed by atoms with E-state index < -0.39 is 0 Å². The van der Waals surface area contributed by atoms with Crippen LogP contribution < -0.4 is 5.73 Å². The van der Waals surface area contributed by atoms with Crippen LogP contribution in [-0.4, -0.2) is 5.54 Å². The molecule has 0 aromatic carbocycles. The van der Waals surface area contributed by atoms with Crippen molar-refractivity contribution in [1.29, 1.82) is 0 Å². The summed E-state index contributed by atoms with van der Waals surface area (Å²) in [5.41, 5.74) is 6.66. The lowest BCUT2D eigenvalue weighted by Crippen LogP contribution is -2.36. The van der Waals surface area contributed by atoms with E-state index in [1.54, 1.807) is 0 Å². The maximum atomic E-state index is 5.89. The second-order valence-corrected chi connectivity index (χ2v) is 2.80. The fourth-order valence-corrected chi connectivity index (χ4v) is 0.619. The van der Waals surface area contributed by atoms with E-state index in [9.17, 15) is 0 Å². The summed E-state index contributed by atoms with van der Waals surface area (Å²) in [7, 11) is 0. The van der Waals surface area contributed by atoms with Gasteiger partial charge in [-0.25, -0.2) is 0 Å². The van der Waals surface area contributed by atoms with Crippen molar-refractivity contribution in [1.82, 2.24) is 0 Å². The molecule has 0 aromatic heterocycles. The number of hydrogen-bond donors (Lipinski definition) is 1. The van der Waals surface area contributed by atoms with Gasteiger partial charge < -0.3 is 5.73 Å². The molecule has 1 atom stereocenters. The maximum absolute atomic E-state index is 5.89. The molecule has 0 saturated carbocycles. The molecule has 0 aliphatic carbocycles. The molecular weight excluding hydrogens is 122 g/mol. The van der Waals surface area contributed by atoms with E-state index in [0.29, 0.717) is 0 Å². The van der Waals surface area contributed by atoms with Crippen LogP contribution in [0.3, 0.4) is 0 Å². The highest BCUT2D eigenvalue weighted by atomic mass is 14.7. The van der Waals surface area contributed by atoms with Crippen LogP contribution in [0.25, 0.3) is 0 Å². The molecule has 0 aromatic rings. The van der Waals surface area contributed by atoms with E-state index in [1.807, 2.05) is 26.0 Å². The monoisotopic (exact) mass is 139 g/mol. The van der Waals surface area contributed by atoms with Gasteiger partial charge in [0, 0.05) is 5.54 Å². The van der Waals surface area contributed by atoms with Gasteiger partial charge in [-0.3, -0.25) is 0 Å². The molecule has 58 valence electrons. The molecule has 0 saturated heterocycles. The van der Waals surface area contributed by atoms with Crippen LogP contribution in [0.1, 0.15) is 27.2 Å². The second kappa shape index (κ2) is 3.57. The van der Waals surface area contributed by atoms with E-state index in [4.69, 9.17) is 5.73 Å². The third kappa shape index (κ3) is 2.36. The predicted octanol–water partition coefficient (Wildman–Crippen LogP) is 2.25. The normalized spacial score (nSPS) is 17.2. The topological polar surface area (TPSA) is 26.0 Å². The fourth-order valence-electron chi connectivity index (χ4n) is 0.619. The van der Waals surface area contributed by atoms with Gasteiger partial charge in [0.2, 0.25) is 0 Å². The lowest BCUT2D eigenvalue weighted by molar-refractivity contribution is 0.543. The van der Waals surface area contributed by atoms with Crippen molar-refractivity contribution < 1.29 is 0 Å². The zero-order valence-electron chi connectivity index (χ0n) is 7.15. The Kier molecular flexibility index (Phi) is 3.37. The highest BCUT2D eigenvalue weighted by Gasteiger charge is 2.16. The summed E-state index contributed by atoms with van der Waals surface area (Å²) < 4.78 is 0. The van der Waals surface area contributed by atoms with Gasteiger partial charge in [-0.2, -0.15) is 0 Å². The van der Waals surface area contributed by atoms with E-state index in [2.05, 4.69) is 13.5 Å². The highest BCUT2D eigenvalue weighted by molar-refractivity contribution is 5.25. The Morgan fingerprint density at radius 3 is 2.50 bits per heavy atom. The largest absolute Gasteiger partial charge is 0.322 e. The molecule has 0 amide bonds. The van der Waals surface area contributed by atoms with Crippen molar-refractivity contribution in [2.45, 2.75) is 32.7 Å². The molecule has 1 heteroatoms. The Labute approximate surface area is 63.6 Å². The van der Waals surface area contributed by atoms with Gasteiger partial charge in [-0.1, -0.05) is 25.7 Å². The Balaban J connectivity index is 4.18. The summed E-state index contributed by atoms with van der Waals surface area (Å²) in [4.78, 5) is 0. The van der Waals surface area contributed by atoms with Gasteiger partial charge in [0.05, 0.1) is 0 Å². The van der Waals surface area contributed by atoms with E-state index in [-0.39, 0.29) is 5.54 Å². The van der Waals surface area contributed by atoms with E-state index >= 15 is 0 Å². The highest BCUT2D eigenvalue weighted by Crippen LogP contribution is 2.15. The lowest BCUT2D eigenvalue weighted by atomic mass is 9.91. The zero-order valence-corrected chi connectivity index (χ0v) is 7.15. The van der Waals surface area contributed by atoms with Crippen molar-refractivity contribution in [3.63, 3.8) is 0 Å². The maximum Gasteiger partial charge on any atom is 0.0372 e. The molecule has 0 heterocycles. The first-order valence-corrected chi connectivity index (χ1v) is 3.65. The summed E-state index contributed by atoms with van der Waals surface area (Å²) in [6, 6.07) is 0. The molecule has 0 radical (unpaired) electrons. The third-order valence-electron chi connectivity index (χ3n) is 1.84. The Morgan fingerprint density at radius 2 is 2.20 bits per heavy atom. The number of nitrogens with two attached hydrogens (primary N) is 1. The van der Waals surface area contributed by atoms with Crippen LogP contribution in [-0.2, 0) is 0 Å². The van der Waals surface area contributed by atoms with Crippen molar-refractivity contribution in [2.75, 3.05) is 0 Å². The number of hydrogen-bond acceptors (Lipinski definition) is 1. The average molecular weight is 139 g/mol. The molecule has 0 spiro atoms. The first kappa shape index (κ1) is 9.44. The van der Waals surface area contributed by atoms with Crippen LogP contribution in [0, 0.1) is 0 Å². The molecule has 1 nitrogen and oxygen atoms in total. The van der Waals surface area contributed by atoms with Crippen molar-refractivity contribution in [3.8, 4) is 0 Å². The van der Waals surface area contributed by atoms with Gasteiger partial charge >= 0.3 is 0 Å². The SMILES string of the molecule is C=C(C=CC)C(C)(N)CC. The van der Waals surface area contributed by atoms with Gasteiger partial charge in [-0.15, -0.1) is 0 Å². The van der Waals surface area contributed by atoms with Gasteiger partial charge in [0.1, 0.15) is 0 Å². The summed E-state index contributed by atoms with van der Waals surface area (Å²) in [6.45, 7) is 9.90. The zero-order chi connectivity index (χ0) is 8.20. The second-order valence-electron chi connectivity index (χ2n) is 2.80. The molecule has 0 aliphatic heterocycles. The minimum atomic E-state index is -0.230. The minimum Gasteiger partial charge on any atom is -0.322 e. The predicted molar refractivity (Wildman–Crippen MR) is 46.8 cm³/mol. The Bertz CT molecular complexity index is 143. The van der Waals surface area contributed by atoms with Crippen LogP contribution in [0.15, 0.2) is 24.3 Å². The number of allylic oxidation sites excluding steroid dienone is 1. The van der Waals surface area contributed by atoms with E-state index in [1.165, 1.54) is 0 Å². The summed E-state index contributed by atoms with van der Waals surface area (Å²) in [5, 5.41) is 0. The summed E-state index contributed by atoms with van der Waals surface area (Å²) in [6.07, 6.45) is 4.85. The van der Waals surface area contributed by atoms with Crippen LogP contribution >= 0.6 is 0 Å².